The van der Waals surface area contributed by atoms with Crippen LogP contribution in [0.15, 0.2) is 39.9 Å². The highest BCUT2D eigenvalue weighted by molar-refractivity contribution is 6.32. The van der Waals surface area contributed by atoms with Crippen LogP contribution >= 0.6 is 11.6 Å². The van der Waals surface area contributed by atoms with Gasteiger partial charge in [-0.25, -0.2) is 0 Å². The van der Waals surface area contributed by atoms with Crippen molar-refractivity contribution in [1.82, 2.24) is 9.55 Å². The number of methoxy groups -OCH3 is 1. The van der Waals surface area contributed by atoms with Crippen molar-refractivity contribution in [2.24, 2.45) is 7.05 Å². The monoisotopic (exact) mass is 384 g/mol. The molecule has 0 saturated carbocycles. The van der Waals surface area contributed by atoms with E-state index in [4.69, 9.17) is 21.6 Å². The number of anilines is 1. The van der Waals surface area contributed by atoms with E-state index >= 15 is 0 Å². The third-order valence-corrected chi connectivity index (χ3v) is 4.70. The molecule has 3 rings (SSSR count). The van der Waals surface area contributed by atoms with Crippen molar-refractivity contribution in [2.45, 2.75) is 13.0 Å². The summed E-state index contributed by atoms with van der Waals surface area (Å²) in [5, 5.41) is 13.2. The zero-order chi connectivity index (χ0) is 19.7. The largest absolute Gasteiger partial charge is 0.495 e. The molecule has 0 saturated heterocycles. The van der Waals surface area contributed by atoms with Crippen LogP contribution in [0.2, 0.25) is 5.02 Å². The molecule has 0 spiro atoms. The number of nitrogens with one attached hydrogen (secondary N) is 2. The van der Waals surface area contributed by atoms with Gasteiger partial charge in [-0.15, -0.1) is 0 Å². The van der Waals surface area contributed by atoms with Crippen molar-refractivity contribution >= 4 is 28.2 Å². The fraction of sp³-hybridized carbons (Fsp3) is 0.211. The normalized spacial score (nSPS) is 11.8. The van der Waals surface area contributed by atoms with Gasteiger partial charge in [-0.1, -0.05) is 11.6 Å². The lowest BCUT2D eigenvalue weighted by atomic mass is 10.1. The number of benzene rings is 1. The summed E-state index contributed by atoms with van der Waals surface area (Å²) < 4.78 is 6.42. The number of nitriles is 1. The maximum absolute atomic E-state index is 12.5. The van der Waals surface area contributed by atoms with E-state index in [2.05, 4.69) is 10.3 Å². The van der Waals surface area contributed by atoms with Crippen molar-refractivity contribution in [3.05, 3.63) is 67.3 Å². The van der Waals surface area contributed by atoms with E-state index in [0.717, 1.165) is 5.39 Å². The fourth-order valence-corrected chi connectivity index (χ4v) is 3.12. The number of aromatic nitrogens is 2. The van der Waals surface area contributed by atoms with Gasteiger partial charge in [0.15, 0.2) is 0 Å². The molecule has 27 heavy (non-hydrogen) atoms. The molecule has 0 unspecified atom stereocenters. The Bertz CT molecular complexity index is 1190. The van der Waals surface area contributed by atoms with Gasteiger partial charge in [0.05, 0.1) is 23.7 Å². The first-order chi connectivity index (χ1) is 12.8. The molecular weight excluding hydrogens is 368 g/mol. The number of halogens is 1. The molecule has 0 aliphatic heterocycles. The van der Waals surface area contributed by atoms with Crippen LogP contribution in [0.3, 0.4) is 0 Å². The molecule has 0 amide bonds. The molecule has 8 heteroatoms. The number of ether oxygens (including phenoxy) is 1. The average molecular weight is 385 g/mol. The van der Waals surface area contributed by atoms with Gasteiger partial charge in [0.1, 0.15) is 23.2 Å². The summed E-state index contributed by atoms with van der Waals surface area (Å²) in [5.41, 5.74) is 0.992. The summed E-state index contributed by atoms with van der Waals surface area (Å²) in [6.07, 6.45) is 0. The second-order valence-corrected chi connectivity index (χ2v) is 6.51. The van der Waals surface area contributed by atoms with Crippen molar-refractivity contribution in [3.63, 3.8) is 0 Å². The van der Waals surface area contributed by atoms with Crippen molar-refractivity contribution < 1.29 is 4.74 Å². The van der Waals surface area contributed by atoms with Crippen LogP contribution in [-0.2, 0) is 7.05 Å². The Hall–Kier alpha value is -3.24. The Labute approximate surface area is 159 Å². The van der Waals surface area contributed by atoms with Crippen LogP contribution in [0.4, 0.5) is 5.69 Å². The number of hydrogen-bond donors (Lipinski definition) is 2. The lowest BCUT2D eigenvalue weighted by Crippen LogP contribution is -2.26. The van der Waals surface area contributed by atoms with Gasteiger partial charge in [-0.2, -0.15) is 5.26 Å². The predicted molar refractivity (Wildman–Crippen MR) is 105 cm³/mol. The SMILES string of the molecule is COc1cc2[nH]c(=O)c([C@@H](C)Nc3ccc(C#N)n(C)c3=O)cc2cc1Cl. The van der Waals surface area contributed by atoms with E-state index in [0.29, 0.717) is 27.5 Å². The van der Waals surface area contributed by atoms with Crippen LogP contribution in [-0.4, -0.2) is 16.7 Å². The molecule has 2 aromatic heterocycles. The first kappa shape index (κ1) is 18.5. The van der Waals surface area contributed by atoms with Gasteiger partial charge in [0.2, 0.25) is 0 Å². The van der Waals surface area contributed by atoms with Crippen LogP contribution < -0.4 is 21.2 Å². The van der Waals surface area contributed by atoms with Gasteiger partial charge in [0, 0.05) is 24.1 Å². The number of nitrogens with zero attached hydrogens (tertiary/aromatic N) is 2. The zero-order valence-corrected chi connectivity index (χ0v) is 15.7. The molecule has 0 aliphatic carbocycles. The standard InChI is InChI=1S/C19H17ClN4O3/c1-10(22-15-5-4-12(9-21)24(2)19(15)26)13-6-11-7-14(20)17(27-3)8-16(11)23-18(13)25/h4-8,10,22H,1-3H3,(H,23,25)/t10-/m1/s1. The lowest BCUT2D eigenvalue weighted by Gasteiger charge is -2.16. The number of H-pyrrole nitrogens is 1. The molecule has 0 aliphatic rings. The highest BCUT2D eigenvalue weighted by atomic mass is 35.5. The topological polar surface area (TPSA) is 99.9 Å². The molecule has 2 N–H and O–H groups in total. The van der Waals surface area contributed by atoms with Gasteiger partial charge in [-0.3, -0.25) is 9.59 Å². The van der Waals surface area contributed by atoms with E-state index in [1.807, 2.05) is 6.07 Å². The van der Waals surface area contributed by atoms with E-state index in [1.54, 1.807) is 31.2 Å². The van der Waals surface area contributed by atoms with Gasteiger partial charge >= 0.3 is 0 Å². The fourth-order valence-electron chi connectivity index (χ4n) is 2.87. The van der Waals surface area contributed by atoms with Crippen molar-refractivity contribution in [2.75, 3.05) is 12.4 Å². The number of fused-ring (bicyclic) bond motifs is 1. The Balaban J connectivity index is 2.01. The van der Waals surface area contributed by atoms with E-state index in [1.165, 1.54) is 24.8 Å². The Kier molecular flexibility index (Phi) is 4.93. The van der Waals surface area contributed by atoms with Crippen LogP contribution in [0.5, 0.6) is 5.75 Å². The van der Waals surface area contributed by atoms with E-state index in [-0.39, 0.29) is 16.8 Å². The number of pyridine rings is 2. The summed E-state index contributed by atoms with van der Waals surface area (Å²) >= 11 is 6.17. The Morgan fingerprint density at radius 2 is 2.04 bits per heavy atom. The third kappa shape index (κ3) is 3.39. The molecule has 1 aromatic carbocycles. The molecule has 0 fully saturated rings. The van der Waals surface area contributed by atoms with Crippen molar-refractivity contribution in [1.29, 1.82) is 5.26 Å². The first-order valence-corrected chi connectivity index (χ1v) is 8.50. The van der Waals surface area contributed by atoms with E-state index in [9.17, 15) is 9.59 Å². The van der Waals surface area contributed by atoms with Gasteiger partial charge in [-0.05, 0) is 31.2 Å². The second-order valence-electron chi connectivity index (χ2n) is 6.10. The number of rotatable bonds is 4. The highest BCUT2D eigenvalue weighted by Gasteiger charge is 2.15. The minimum absolute atomic E-state index is 0.255. The van der Waals surface area contributed by atoms with Gasteiger partial charge < -0.3 is 19.6 Å². The van der Waals surface area contributed by atoms with Crippen LogP contribution in [0, 0.1) is 11.3 Å². The van der Waals surface area contributed by atoms with E-state index < -0.39 is 6.04 Å². The molecule has 1 atom stereocenters. The molecule has 7 nitrogen and oxygen atoms in total. The van der Waals surface area contributed by atoms with Crippen molar-refractivity contribution in [3.8, 4) is 11.8 Å². The summed E-state index contributed by atoms with van der Waals surface area (Å²) in [6.45, 7) is 1.78. The molecule has 0 radical (unpaired) electrons. The molecule has 3 aromatic rings. The van der Waals surface area contributed by atoms with Crippen LogP contribution in [0.1, 0.15) is 24.2 Å². The lowest BCUT2D eigenvalue weighted by molar-refractivity contribution is 0.415. The average Bonchev–Trinajstić information content (AvgIpc) is 2.65. The zero-order valence-electron chi connectivity index (χ0n) is 15.0. The summed E-state index contributed by atoms with van der Waals surface area (Å²) in [7, 11) is 3.03. The van der Waals surface area contributed by atoms with Gasteiger partial charge in [0.25, 0.3) is 11.1 Å². The summed E-state index contributed by atoms with van der Waals surface area (Å²) in [5.74, 6) is 0.472. The quantitative estimate of drug-likeness (QED) is 0.720. The summed E-state index contributed by atoms with van der Waals surface area (Å²) in [4.78, 5) is 27.7. The van der Waals surface area contributed by atoms with Crippen LogP contribution in [0.25, 0.3) is 10.9 Å². The number of aromatic amines is 1. The first-order valence-electron chi connectivity index (χ1n) is 8.13. The molecule has 138 valence electrons. The predicted octanol–water partition coefficient (Wildman–Crippen LogP) is 2.93. The summed E-state index contributed by atoms with van der Waals surface area (Å²) in [6, 6.07) is 9.69. The maximum Gasteiger partial charge on any atom is 0.274 e. The highest BCUT2D eigenvalue weighted by Crippen LogP contribution is 2.29. The Morgan fingerprint density at radius 3 is 2.70 bits per heavy atom. The Morgan fingerprint density at radius 1 is 1.30 bits per heavy atom. The molecule has 0 bridgehead atoms. The number of hydrogen-bond acceptors (Lipinski definition) is 5. The minimum atomic E-state index is -0.445. The molecule has 2 heterocycles. The maximum atomic E-state index is 12.5. The molecular formula is C19H17ClN4O3. The smallest absolute Gasteiger partial charge is 0.274 e. The second kappa shape index (κ2) is 7.17. The third-order valence-electron chi connectivity index (χ3n) is 4.40. The minimum Gasteiger partial charge on any atom is -0.495 e.